The molecule has 0 radical (unpaired) electrons. The third-order valence-corrected chi connectivity index (χ3v) is 4.05. The summed E-state index contributed by atoms with van der Waals surface area (Å²) in [4.78, 5) is 0. The standard InChI is InChI=1S/C14H31NO2S/c1-13(2)15-14(3,12-16)8-5-6-10-18-11-7-9-17-4/h13,15-16H,5-12H2,1-4H3. The third kappa shape index (κ3) is 10.2. The summed E-state index contributed by atoms with van der Waals surface area (Å²) in [5, 5.41) is 12.9. The van der Waals surface area contributed by atoms with E-state index in [0.29, 0.717) is 6.04 Å². The van der Waals surface area contributed by atoms with Gasteiger partial charge in [0.2, 0.25) is 0 Å². The lowest BCUT2D eigenvalue weighted by atomic mass is 9.95. The lowest BCUT2D eigenvalue weighted by molar-refractivity contribution is 0.154. The first kappa shape index (κ1) is 18.2. The smallest absolute Gasteiger partial charge is 0.0610 e. The molecule has 0 rings (SSSR count). The summed E-state index contributed by atoms with van der Waals surface area (Å²) in [5.74, 6) is 2.41. The highest BCUT2D eigenvalue weighted by Gasteiger charge is 2.22. The summed E-state index contributed by atoms with van der Waals surface area (Å²) in [6, 6.07) is 0.422. The highest BCUT2D eigenvalue weighted by Crippen LogP contribution is 2.16. The van der Waals surface area contributed by atoms with Crippen LogP contribution in [0.1, 0.15) is 46.5 Å². The molecule has 3 nitrogen and oxygen atoms in total. The van der Waals surface area contributed by atoms with E-state index in [9.17, 15) is 5.11 Å². The van der Waals surface area contributed by atoms with Gasteiger partial charge in [0.15, 0.2) is 0 Å². The average molecular weight is 277 g/mol. The summed E-state index contributed by atoms with van der Waals surface area (Å²) in [7, 11) is 1.75. The van der Waals surface area contributed by atoms with Gasteiger partial charge in [0.1, 0.15) is 0 Å². The van der Waals surface area contributed by atoms with Crippen molar-refractivity contribution in [1.82, 2.24) is 5.32 Å². The molecule has 0 aromatic carbocycles. The molecule has 0 spiro atoms. The van der Waals surface area contributed by atoms with E-state index in [-0.39, 0.29) is 12.1 Å². The van der Waals surface area contributed by atoms with Crippen LogP contribution >= 0.6 is 11.8 Å². The van der Waals surface area contributed by atoms with Crippen molar-refractivity contribution in [3.05, 3.63) is 0 Å². The molecule has 0 saturated heterocycles. The Morgan fingerprint density at radius 3 is 2.44 bits per heavy atom. The van der Waals surface area contributed by atoms with Crippen LogP contribution in [-0.4, -0.2) is 48.5 Å². The van der Waals surface area contributed by atoms with Crippen molar-refractivity contribution in [2.24, 2.45) is 0 Å². The Bertz CT molecular complexity index is 191. The summed E-state index contributed by atoms with van der Waals surface area (Å²) in [6.45, 7) is 7.44. The molecule has 110 valence electrons. The van der Waals surface area contributed by atoms with Crippen LogP contribution < -0.4 is 5.32 Å². The summed E-state index contributed by atoms with van der Waals surface area (Å²) in [6.07, 6.45) is 4.59. The monoisotopic (exact) mass is 277 g/mol. The molecule has 0 bridgehead atoms. The highest BCUT2D eigenvalue weighted by molar-refractivity contribution is 7.99. The molecule has 0 amide bonds. The Balaban J connectivity index is 3.50. The molecule has 0 aliphatic heterocycles. The molecule has 2 N–H and O–H groups in total. The van der Waals surface area contributed by atoms with E-state index in [1.54, 1.807) is 7.11 Å². The van der Waals surface area contributed by atoms with Crippen LogP contribution in [0.5, 0.6) is 0 Å². The SMILES string of the molecule is COCCCSCCCCC(C)(CO)NC(C)C. The second-order valence-electron chi connectivity index (χ2n) is 5.43. The van der Waals surface area contributed by atoms with Crippen molar-refractivity contribution in [3.8, 4) is 0 Å². The van der Waals surface area contributed by atoms with E-state index < -0.39 is 0 Å². The second-order valence-corrected chi connectivity index (χ2v) is 6.66. The van der Waals surface area contributed by atoms with Crippen molar-refractivity contribution in [2.75, 3.05) is 31.8 Å². The maximum absolute atomic E-state index is 9.45. The molecule has 0 aromatic rings. The fraction of sp³-hybridized carbons (Fsp3) is 1.00. The van der Waals surface area contributed by atoms with Crippen LogP contribution in [0.3, 0.4) is 0 Å². The maximum atomic E-state index is 9.45. The zero-order chi connectivity index (χ0) is 13.9. The van der Waals surface area contributed by atoms with Crippen molar-refractivity contribution < 1.29 is 9.84 Å². The van der Waals surface area contributed by atoms with Crippen molar-refractivity contribution in [1.29, 1.82) is 0 Å². The lowest BCUT2D eigenvalue weighted by Gasteiger charge is -2.31. The van der Waals surface area contributed by atoms with E-state index >= 15 is 0 Å². The Kier molecular flexibility index (Phi) is 11.2. The number of methoxy groups -OCH3 is 1. The van der Waals surface area contributed by atoms with E-state index in [4.69, 9.17) is 4.74 Å². The van der Waals surface area contributed by atoms with Crippen LogP contribution in [0.25, 0.3) is 0 Å². The molecule has 18 heavy (non-hydrogen) atoms. The molecule has 1 atom stereocenters. The summed E-state index contributed by atoms with van der Waals surface area (Å²) in [5.41, 5.74) is -0.116. The van der Waals surface area contributed by atoms with Gasteiger partial charge >= 0.3 is 0 Å². The van der Waals surface area contributed by atoms with E-state index in [1.807, 2.05) is 11.8 Å². The fourth-order valence-electron chi connectivity index (χ4n) is 2.02. The van der Waals surface area contributed by atoms with Gasteiger partial charge in [0, 0.05) is 25.3 Å². The normalized spacial score (nSPS) is 15.0. The van der Waals surface area contributed by atoms with Gasteiger partial charge in [-0.15, -0.1) is 0 Å². The van der Waals surface area contributed by atoms with Crippen molar-refractivity contribution >= 4 is 11.8 Å². The number of aliphatic hydroxyl groups excluding tert-OH is 1. The van der Waals surface area contributed by atoms with Crippen LogP contribution in [0.15, 0.2) is 0 Å². The fourth-order valence-corrected chi connectivity index (χ4v) is 2.95. The van der Waals surface area contributed by atoms with Gasteiger partial charge in [0.05, 0.1) is 6.61 Å². The summed E-state index contributed by atoms with van der Waals surface area (Å²) < 4.78 is 5.02. The second kappa shape index (κ2) is 11.1. The topological polar surface area (TPSA) is 41.5 Å². The number of ether oxygens (including phenoxy) is 1. The molecular weight excluding hydrogens is 246 g/mol. The number of nitrogens with one attached hydrogen (secondary N) is 1. The number of aliphatic hydroxyl groups is 1. The number of hydrogen-bond acceptors (Lipinski definition) is 4. The van der Waals surface area contributed by atoms with E-state index in [2.05, 4.69) is 26.1 Å². The maximum Gasteiger partial charge on any atom is 0.0610 e. The first-order chi connectivity index (χ1) is 8.54. The predicted octanol–water partition coefficient (Wildman–Crippen LogP) is 2.68. The zero-order valence-corrected chi connectivity index (χ0v) is 13.3. The Labute approximate surface area is 117 Å². The molecule has 0 saturated carbocycles. The number of hydrogen-bond donors (Lipinski definition) is 2. The average Bonchev–Trinajstić information content (AvgIpc) is 2.32. The molecular formula is C14H31NO2S. The number of rotatable bonds is 12. The lowest BCUT2D eigenvalue weighted by Crippen LogP contribution is -2.49. The van der Waals surface area contributed by atoms with Crippen LogP contribution in [-0.2, 0) is 4.74 Å². The van der Waals surface area contributed by atoms with Crippen LogP contribution in [0.4, 0.5) is 0 Å². The van der Waals surface area contributed by atoms with Gasteiger partial charge in [-0.2, -0.15) is 11.8 Å². The summed E-state index contributed by atoms with van der Waals surface area (Å²) >= 11 is 2.00. The molecule has 4 heteroatoms. The van der Waals surface area contributed by atoms with Gasteiger partial charge in [-0.25, -0.2) is 0 Å². The first-order valence-corrected chi connectivity index (χ1v) is 8.15. The Hall–Kier alpha value is 0.230. The number of thioether (sulfide) groups is 1. The number of unbranched alkanes of at least 4 members (excludes halogenated alkanes) is 1. The van der Waals surface area contributed by atoms with Gasteiger partial charge < -0.3 is 15.2 Å². The Morgan fingerprint density at radius 2 is 1.89 bits per heavy atom. The van der Waals surface area contributed by atoms with Gasteiger partial charge in [-0.05, 0) is 37.7 Å². The largest absolute Gasteiger partial charge is 0.394 e. The quantitative estimate of drug-likeness (QED) is 0.538. The molecule has 0 aliphatic carbocycles. The Morgan fingerprint density at radius 1 is 1.22 bits per heavy atom. The van der Waals surface area contributed by atoms with Crippen LogP contribution in [0, 0.1) is 0 Å². The molecule has 0 aromatic heterocycles. The zero-order valence-electron chi connectivity index (χ0n) is 12.5. The minimum Gasteiger partial charge on any atom is -0.394 e. The predicted molar refractivity (Wildman–Crippen MR) is 81.4 cm³/mol. The minimum absolute atomic E-state index is 0.116. The molecule has 0 aliphatic rings. The highest BCUT2D eigenvalue weighted by atomic mass is 32.2. The van der Waals surface area contributed by atoms with Gasteiger partial charge in [0.25, 0.3) is 0 Å². The van der Waals surface area contributed by atoms with E-state index in [1.165, 1.54) is 24.3 Å². The molecule has 0 fully saturated rings. The first-order valence-electron chi connectivity index (χ1n) is 6.99. The van der Waals surface area contributed by atoms with Crippen molar-refractivity contribution in [3.63, 3.8) is 0 Å². The van der Waals surface area contributed by atoms with Gasteiger partial charge in [-0.1, -0.05) is 20.3 Å². The van der Waals surface area contributed by atoms with Crippen molar-refractivity contribution in [2.45, 2.75) is 58.0 Å². The molecule has 0 heterocycles. The van der Waals surface area contributed by atoms with Crippen LogP contribution in [0.2, 0.25) is 0 Å². The molecule has 1 unspecified atom stereocenters. The van der Waals surface area contributed by atoms with Gasteiger partial charge in [-0.3, -0.25) is 0 Å². The minimum atomic E-state index is -0.116. The van der Waals surface area contributed by atoms with E-state index in [0.717, 1.165) is 19.4 Å². The third-order valence-electron chi connectivity index (χ3n) is 2.89.